The second-order valence-electron chi connectivity index (χ2n) is 5.01. The molecule has 0 unspecified atom stereocenters. The summed E-state index contributed by atoms with van der Waals surface area (Å²) < 4.78 is 5.43. The van der Waals surface area contributed by atoms with Crippen molar-refractivity contribution in [2.45, 2.75) is 20.3 Å². The lowest BCUT2D eigenvalue weighted by molar-refractivity contribution is 0.180. The van der Waals surface area contributed by atoms with Gasteiger partial charge in [-0.05, 0) is 44.1 Å². The number of hydrogen-bond acceptors (Lipinski definition) is 2. The number of rotatable bonds is 4. The molecule has 1 aromatic carbocycles. The molecule has 1 aromatic rings. The second kappa shape index (κ2) is 6.87. The minimum Gasteiger partial charge on any atom is -0.381 e. The summed E-state index contributed by atoms with van der Waals surface area (Å²) in [5.74, 6) is 0.608. The number of thiocarbonyl (C=S) groups is 1. The lowest BCUT2D eigenvalue weighted by Gasteiger charge is -2.27. The van der Waals surface area contributed by atoms with Crippen LogP contribution in [0.1, 0.15) is 18.9 Å². The van der Waals surface area contributed by atoms with Crippen molar-refractivity contribution in [2.24, 2.45) is 5.92 Å². The molecule has 0 aromatic heterocycles. The van der Waals surface area contributed by atoms with E-state index in [-0.39, 0.29) is 0 Å². The zero-order valence-electron chi connectivity index (χ0n) is 11.7. The van der Waals surface area contributed by atoms with Crippen molar-refractivity contribution in [1.82, 2.24) is 4.90 Å². The topological polar surface area (TPSA) is 24.5 Å². The predicted molar refractivity (Wildman–Crippen MR) is 83.6 cm³/mol. The van der Waals surface area contributed by atoms with Crippen LogP contribution in [0, 0.1) is 12.8 Å². The van der Waals surface area contributed by atoms with Gasteiger partial charge in [-0.2, -0.15) is 0 Å². The molecule has 1 saturated heterocycles. The van der Waals surface area contributed by atoms with E-state index in [2.05, 4.69) is 36.2 Å². The number of nitrogens with zero attached hydrogens (tertiary/aromatic N) is 1. The predicted octanol–water partition coefficient (Wildman–Crippen LogP) is 3.05. The fraction of sp³-hybridized carbons (Fsp3) is 0.533. The van der Waals surface area contributed by atoms with Crippen molar-refractivity contribution in [3.63, 3.8) is 0 Å². The zero-order valence-corrected chi connectivity index (χ0v) is 12.5. The molecular weight excluding hydrogens is 256 g/mol. The van der Waals surface area contributed by atoms with Crippen molar-refractivity contribution >= 4 is 23.0 Å². The van der Waals surface area contributed by atoms with Crippen LogP contribution in [0.15, 0.2) is 24.3 Å². The molecule has 2 rings (SSSR count). The Morgan fingerprint density at radius 2 is 2.26 bits per heavy atom. The van der Waals surface area contributed by atoms with E-state index >= 15 is 0 Å². The van der Waals surface area contributed by atoms with Crippen molar-refractivity contribution in [1.29, 1.82) is 0 Å². The molecule has 19 heavy (non-hydrogen) atoms. The van der Waals surface area contributed by atoms with Gasteiger partial charge in [0.25, 0.3) is 0 Å². The summed E-state index contributed by atoms with van der Waals surface area (Å²) >= 11 is 5.52. The highest BCUT2D eigenvalue weighted by molar-refractivity contribution is 7.80. The van der Waals surface area contributed by atoms with Crippen LogP contribution in [-0.2, 0) is 4.74 Å². The molecule has 0 bridgehead atoms. The number of hydrogen-bond donors (Lipinski definition) is 1. The summed E-state index contributed by atoms with van der Waals surface area (Å²) in [6.07, 6.45) is 1.14. The van der Waals surface area contributed by atoms with Gasteiger partial charge < -0.3 is 15.0 Å². The van der Waals surface area contributed by atoms with Gasteiger partial charge >= 0.3 is 0 Å². The second-order valence-corrected chi connectivity index (χ2v) is 5.40. The molecule has 0 amide bonds. The average molecular weight is 278 g/mol. The first kappa shape index (κ1) is 14.3. The third-order valence-corrected chi connectivity index (χ3v) is 3.92. The van der Waals surface area contributed by atoms with E-state index < -0.39 is 0 Å². The molecule has 1 N–H and O–H groups in total. The molecule has 0 spiro atoms. The zero-order chi connectivity index (χ0) is 13.7. The highest BCUT2D eigenvalue weighted by Gasteiger charge is 2.20. The molecule has 3 nitrogen and oxygen atoms in total. The van der Waals surface area contributed by atoms with Crippen molar-refractivity contribution in [2.75, 3.05) is 31.6 Å². The van der Waals surface area contributed by atoms with E-state index in [9.17, 15) is 0 Å². The Morgan fingerprint density at radius 3 is 2.89 bits per heavy atom. The number of ether oxygens (including phenoxy) is 1. The Balaban J connectivity index is 1.94. The first-order valence-corrected chi connectivity index (χ1v) is 7.30. The smallest absolute Gasteiger partial charge is 0.173 e. The number of benzene rings is 1. The molecule has 0 radical (unpaired) electrons. The molecule has 1 heterocycles. The van der Waals surface area contributed by atoms with E-state index in [1.54, 1.807) is 0 Å². The highest BCUT2D eigenvalue weighted by Crippen LogP contribution is 2.17. The van der Waals surface area contributed by atoms with E-state index in [1.165, 1.54) is 5.56 Å². The van der Waals surface area contributed by atoms with Gasteiger partial charge in [0.1, 0.15) is 0 Å². The van der Waals surface area contributed by atoms with Crippen LogP contribution in [0.3, 0.4) is 0 Å². The van der Waals surface area contributed by atoms with Crippen LogP contribution in [0.25, 0.3) is 0 Å². The summed E-state index contributed by atoms with van der Waals surface area (Å²) in [5, 5.41) is 4.16. The Bertz CT molecular complexity index is 430. The summed E-state index contributed by atoms with van der Waals surface area (Å²) in [5.41, 5.74) is 2.30. The van der Waals surface area contributed by atoms with Gasteiger partial charge in [-0.1, -0.05) is 18.2 Å². The van der Waals surface area contributed by atoms with E-state index in [1.807, 2.05) is 12.1 Å². The van der Waals surface area contributed by atoms with E-state index in [0.717, 1.165) is 43.5 Å². The third-order valence-electron chi connectivity index (χ3n) is 3.56. The quantitative estimate of drug-likeness (QED) is 0.856. The van der Waals surface area contributed by atoms with E-state index in [4.69, 9.17) is 17.0 Å². The Morgan fingerprint density at radius 1 is 1.47 bits per heavy atom. The third kappa shape index (κ3) is 3.91. The molecule has 1 fully saturated rings. The number of anilines is 1. The lowest BCUT2D eigenvalue weighted by Crippen LogP contribution is -2.38. The van der Waals surface area contributed by atoms with Crippen LogP contribution in [0.2, 0.25) is 0 Å². The largest absolute Gasteiger partial charge is 0.381 e. The SMILES string of the molecule is CCN(C[C@H]1CCOC1)C(=S)Nc1ccccc1C. The highest BCUT2D eigenvalue weighted by atomic mass is 32.1. The minimum absolute atomic E-state index is 0.608. The Labute approximate surface area is 120 Å². The van der Waals surface area contributed by atoms with Gasteiger partial charge in [0.05, 0.1) is 6.61 Å². The molecule has 0 aliphatic carbocycles. The molecule has 1 atom stereocenters. The number of aryl methyl sites for hydroxylation is 1. The Kier molecular flexibility index (Phi) is 5.16. The summed E-state index contributed by atoms with van der Waals surface area (Å²) in [7, 11) is 0. The fourth-order valence-corrected chi connectivity index (χ4v) is 2.62. The van der Waals surface area contributed by atoms with Crippen LogP contribution in [0.5, 0.6) is 0 Å². The monoisotopic (exact) mass is 278 g/mol. The molecular formula is C15H22N2OS. The van der Waals surface area contributed by atoms with Gasteiger partial charge in [0.15, 0.2) is 5.11 Å². The lowest BCUT2D eigenvalue weighted by atomic mass is 10.1. The average Bonchev–Trinajstić information content (AvgIpc) is 2.91. The summed E-state index contributed by atoms with van der Waals surface area (Å²) in [6.45, 7) is 7.89. The standard InChI is InChI=1S/C15H22N2OS/c1-3-17(10-13-8-9-18-11-13)15(19)16-14-7-5-4-6-12(14)2/h4-7,13H,3,8-11H2,1-2H3,(H,16,19)/t13-/m1/s1. The van der Waals surface area contributed by atoms with Crippen molar-refractivity contribution < 1.29 is 4.74 Å². The minimum atomic E-state index is 0.608. The molecule has 4 heteroatoms. The van der Waals surface area contributed by atoms with Crippen LogP contribution in [0.4, 0.5) is 5.69 Å². The maximum atomic E-state index is 5.52. The van der Waals surface area contributed by atoms with Gasteiger partial charge in [-0.15, -0.1) is 0 Å². The van der Waals surface area contributed by atoms with Crippen molar-refractivity contribution in [3.05, 3.63) is 29.8 Å². The fourth-order valence-electron chi connectivity index (χ4n) is 2.30. The maximum absolute atomic E-state index is 5.52. The summed E-state index contributed by atoms with van der Waals surface area (Å²) in [6, 6.07) is 8.22. The summed E-state index contributed by atoms with van der Waals surface area (Å²) in [4.78, 5) is 2.22. The number of nitrogens with one attached hydrogen (secondary N) is 1. The van der Waals surface area contributed by atoms with Crippen molar-refractivity contribution in [3.8, 4) is 0 Å². The molecule has 104 valence electrons. The normalized spacial score (nSPS) is 18.3. The molecule has 1 aliphatic rings. The van der Waals surface area contributed by atoms with Gasteiger partial charge in [-0.3, -0.25) is 0 Å². The van der Waals surface area contributed by atoms with Crippen LogP contribution in [-0.4, -0.2) is 36.3 Å². The Hall–Kier alpha value is -1.13. The van der Waals surface area contributed by atoms with Crippen LogP contribution >= 0.6 is 12.2 Å². The maximum Gasteiger partial charge on any atom is 0.173 e. The molecule has 1 aliphatic heterocycles. The first-order chi connectivity index (χ1) is 9.20. The van der Waals surface area contributed by atoms with Crippen LogP contribution < -0.4 is 5.32 Å². The van der Waals surface area contributed by atoms with Gasteiger partial charge in [0, 0.05) is 31.3 Å². The van der Waals surface area contributed by atoms with E-state index in [0.29, 0.717) is 5.92 Å². The molecule has 0 saturated carbocycles. The van der Waals surface area contributed by atoms with Gasteiger partial charge in [0.2, 0.25) is 0 Å². The number of para-hydroxylation sites is 1. The van der Waals surface area contributed by atoms with Gasteiger partial charge in [-0.25, -0.2) is 0 Å². The first-order valence-electron chi connectivity index (χ1n) is 6.90.